The standard InChI is InChI=1S/C12H14N2O4/c1-2-3-14-6-11(5-13-14)18-8-10-4-9(7-17-10)12(15)16/h4-7H,2-3,8H2,1H3,(H,15,16). The Bertz CT molecular complexity index is 530. The fourth-order valence-electron chi connectivity index (χ4n) is 1.49. The molecule has 96 valence electrons. The minimum atomic E-state index is -1.01. The molecule has 0 fully saturated rings. The first-order chi connectivity index (χ1) is 8.69. The molecule has 6 heteroatoms. The smallest absolute Gasteiger partial charge is 0.338 e. The Hall–Kier alpha value is -2.24. The van der Waals surface area contributed by atoms with Crippen LogP contribution in [0.1, 0.15) is 29.5 Å². The molecule has 0 spiro atoms. The van der Waals surface area contributed by atoms with Gasteiger partial charge in [0.05, 0.1) is 18.0 Å². The van der Waals surface area contributed by atoms with E-state index in [0.717, 1.165) is 13.0 Å². The van der Waals surface area contributed by atoms with Crippen LogP contribution in [-0.2, 0) is 13.2 Å². The molecular weight excluding hydrogens is 236 g/mol. The maximum atomic E-state index is 10.6. The molecule has 0 saturated carbocycles. The Labute approximate surface area is 104 Å². The number of carboxylic acids is 1. The summed E-state index contributed by atoms with van der Waals surface area (Å²) in [5, 5.41) is 12.9. The zero-order valence-corrected chi connectivity index (χ0v) is 10.00. The van der Waals surface area contributed by atoms with Crippen molar-refractivity contribution >= 4 is 5.97 Å². The van der Waals surface area contributed by atoms with Gasteiger partial charge < -0.3 is 14.3 Å². The molecule has 0 aliphatic heterocycles. The van der Waals surface area contributed by atoms with E-state index < -0.39 is 5.97 Å². The summed E-state index contributed by atoms with van der Waals surface area (Å²) in [6.45, 7) is 3.09. The van der Waals surface area contributed by atoms with Crippen LogP contribution >= 0.6 is 0 Å². The van der Waals surface area contributed by atoms with Crippen LogP contribution in [0.5, 0.6) is 5.75 Å². The molecule has 0 aliphatic carbocycles. The number of ether oxygens (including phenoxy) is 1. The number of furan rings is 1. The average molecular weight is 250 g/mol. The molecule has 18 heavy (non-hydrogen) atoms. The topological polar surface area (TPSA) is 77.5 Å². The lowest BCUT2D eigenvalue weighted by atomic mass is 10.3. The molecule has 0 aliphatic rings. The number of aromatic nitrogens is 2. The zero-order valence-electron chi connectivity index (χ0n) is 10.00. The molecule has 2 aromatic rings. The molecule has 6 nitrogen and oxygen atoms in total. The van der Waals surface area contributed by atoms with Crippen LogP contribution in [0.15, 0.2) is 29.1 Å². The maximum Gasteiger partial charge on any atom is 0.338 e. The number of carboxylic acid groups (broad SMARTS) is 1. The highest BCUT2D eigenvalue weighted by atomic mass is 16.5. The van der Waals surface area contributed by atoms with E-state index in [9.17, 15) is 4.79 Å². The Kier molecular flexibility index (Phi) is 3.66. The summed E-state index contributed by atoms with van der Waals surface area (Å²) in [5.74, 6) is 0.0909. The van der Waals surface area contributed by atoms with E-state index in [-0.39, 0.29) is 12.2 Å². The Morgan fingerprint density at radius 1 is 1.61 bits per heavy atom. The van der Waals surface area contributed by atoms with Crippen molar-refractivity contribution in [2.45, 2.75) is 26.5 Å². The van der Waals surface area contributed by atoms with Gasteiger partial charge >= 0.3 is 5.97 Å². The van der Waals surface area contributed by atoms with Crippen LogP contribution in [0.3, 0.4) is 0 Å². The van der Waals surface area contributed by atoms with Gasteiger partial charge in [-0.15, -0.1) is 0 Å². The minimum absolute atomic E-state index is 0.121. The second-order valence-corrected chi connectivity index (χ2v) is 3.83. The van der Waals surface area contributed by atoms with Crippen LogP contribution < -0.4 is 4.74 Å². The minimum Gasteiger partial charge on any atom is -0.482 e. The largest absolute Gasteiger partial charge is 0.482 e. The van der Waals surface area contributed by atoms with Crippen molar-refractivity contribution in [3.8, 4) is 5.75 Å². The van der Waals surface area contributed by atoms with Gasteiger partial charge in [-0.3, -0.25) is 4.68 Å². The lowest BCUT2D eigenvalue weighted by Gasteiger charge is -1.99. The Morgan fingerprint density at radius 3 is 3.11 bits per heavy atom. The maximum absolute atomic E-state index is 10.6. The summed E-state index contributed by atoms with van der Waals surface area (Å²) < 4.78 is 12.3. The van der Waals surface area contributed by atoms with E-state index >= 15 is 0 Å². The van der Waals surface area contributed by atoms with Crippen molar-refractivity contribution in [2.75, 3.05) is 0 Å². The quantitative estimate of drug-likeness (QED) is 0.850. The number of aromatic carboxylic acids is 1. The predicted molar refractivity (Wildman–Crippen MR) is 62.5 cm³/mol. The SMILES string of the molecule is CCCn1cc(OCc2cc(C(=O)O)co2)cn1. The van der Waals surface area contributed by atoms with Gasteiger partial charge in [0, 0.05) is 6.54 Å². The molecule has 0 saturated heterocycles. The van der Waals surface area contributed by atoms with Gasteiger partial charge in [0.2, 0.25) is 0 Å². The average Bonchev–Trinajstić information content (AvgIpc) is 2.95. The highest BCUT2D eigenvalue weighted by Gasteiger charge is 2.09. The van der Waals surface area contributed by atoms with Crippen LogP contribution in [0.25, 0.3) is 0 Å². The summed E-state index contributed by atoms with van der Waals surface area (Å²) in [5.41, 5.74) is 0.121. The fraction of sp³-hybridized carbons (Fsp3) is 0.333. The third-order valence-electron chi connectivity index (χ3n) is 2.34. The first kappa shape index (κ1) is 12.2. The molecule has 0 unspecified atom stereocenters. The molecule has 0 radical (unpaired) electrons. The van der Waals surface area contributed by atoms with Crippen LogP contribution in [0.2, 0.25) is 0 Å². The van der Waals surface area contributed by atoms with Gasteiger partial charge in [0.1, 0.15) is 18.6 Å². The summed E-state index contributed by atoms with van der Waals surface area (Å²) in [6.07, 6.45) is 5.62. The number of hydrogen-bond donors (Lipinski definition) is 1. The number of aryl methyl sites for hydroxylation is 1. The highest BCUT2D eigenvalue weighted by Crippen LogP contribution is 2.13. The second-order valence-electron chi connectivity index (χ2n) is 3.83. The Morgan fingerprint density at radius 2 is 2.44 bits per heavy atom. The van der Waals surface area contributed by atoms with E-state index in [4.69, 9.17) is 14.3 Å². The molecule has 0 atom stereocenters. The van der Waals surface area contributed by atoms with Gasteiger partial charge in [0.25, 0.3) is 0 Å². The first-order valence-electron chi connectivity index (χ1n) is 5.65. The first-order valence-corrected chi connectivity index (χ1v) is 5.65. The lowest BCUT2D eigenvalue weighted by molar-refractivity contribution is 0.0696. The molecule has 1 N–H and O–H groups in total. The molecule has 0 bridgehead atoms. The Balaban J connectivity index is 1.91. The number of carbonyl (C=O) groups is 1. The normalized spacial score (nSPS) is 10.5. The molecule has 2 heterocycles. The van der Waals surface area contributed by atoms with Crippen molar-refractivity contribution in [1.29, 1.82) is 0 Å². The monoisotopic (exact) mass is 250 g/mol. The summed E-state index contributed by atoms with van der Waals surface area (Å²) >= 11 is 0. The molecular formula is C12H14N2O4. The van der Waals surface area contributed by atoms with E-state index in [1.165, 1.54) is 12.3 Å². The van der Waals surface area contributed by atoms with Crippen molar-refractivity contribution in [3.63, 3.8) is 0 Å². The summed E-state index contributed by atoms with van der Waals surface area (Å²) in [4.78, 5) is 10.6. The van der Waals surface area contributed by atoms with E-state index in [1.807, 2.05) is 0 Å². The second kappa shape index (κ2) is 5.39. The van der Waals surface area contributed by atoms with E-state index in [2.05, 4.69) is 12.0 Å². The third kappa shape index (κ3) is 2.91. The fourth-order valence-corrected chi connectivity index (χ4v) is 1.49. The van der Waals surface area contributed by atoms with Crippen LogP contribution in [0.4, 0.5) is 0 Å². The predicted octanol–water partition coefficient (Wildman–Crippen LogP) is 2.16. The molecule has 2 aromatic heterocycles. The van der Waals surface area contributed by atoms with Crippen molar-refractivity contribution in [1.82, 2.24) is 9.78 Å². The molecule has 0 aromatic carbocycles. The van der Waals surface area contributed by atoms with Gasteiger partial charge in [-0.2, -0.15) is 5.10 Å². The lowest BCUT2D eigenvalue weighted by Crippen LogP contribution is -1.96. The number of hydrogen-bond acceptors (Lipinski definition) is 4. The van der Waals surface area contributed by atoms with E-state index in [1.54, 1.807) is 17.1 Å². The zero-order chi connectivity index (χ0) is 13.0. The van der Waals surface area contributed by atoms with Crippen molar-refractivity contribution in [3.05, 3.63) is 36.0 Å². The summed E-state index contributed by atoms with van der Waals surface area (Å²) in [7, 11) is 0. The number of rotatable bonds is 6. The molecule has 2 rings (SSSR count). The van der Waals surface area contributed by atoms with E-state index in [0.29, 0.717) is 11.5 Å². The van der Waals surface area contributed by atoms with Gasteiger partial charge in [-0.05, 0) is 12.5 Å². The highest BCUT2D eigenvalue weighted by molar-refractivity contribution is 5.87. The van der Waals surface area contributed by atoms with Crippen LogP contribution in [-0.4, -0.2) is 20.9 Å². The van der Waals surface area contributed by atoms with Gasteiger partial charge in [0.15, 0.2) is 5.75 Å². The number of nitrogens with zero attached hydrogens (tertiary/aromatic N) is 2. The van der Waals surface area contributed by atoms with Crippen molar-refractivity contribution < 1.29 is 19.1 Å². The van der Waals surface area contributed by atoms with Gasteiger partial charge in [-0.25, -0.2) is 4.79 Å². The molecule has 0 amide bonds. The van der Waals surface area contributed by atoms with Crippen molar-refractivity contribution in [2.24, 2.45) is 0 Å². The third-order valence-corrected chi connectivity index (χ3v) is 2.34. The summed E-state index contributed by atoms with van der Waals surface area (Å²) in [6, 6.07) is 1.44. The van der Waals surface area contributed by atoms with Crippen LogP contribution in [0, 0.1) is 0 Å². The van der Waals surface area contributed by atoms with Gasteiger partial charge in [-0.1, -0.05) is 6.92 Å².